The molecule has 0 aliphatic carbocycles. The molecule has 2 amide bonds. The van der Waals surface area contributed by atoms with Crippen LogP contribution in [0.2, 0.25) is 0 Å². The van der Waals surface area contributed by atoms with E-state index in [0.29, 0.717) is 6.54 Å². The van der Waals surface area contributed by atoms with E-state index in [1.807, 2.05) is 68.4 Å². The summed E-state index contributed by atoms with van der Waals surface area (Å²) in [6.45, 7) is 4.52. The van der Waals surface area contributed by atoms with E-state index in [0.717, 1.165) is 16.8 Å². The summed E-state index contributed by atoms with van der Waals surface area (Å²) in [7, 11) is 3.57. The Morgan fingerprint density at radius 3 is 2.23 bits per heavy atom. The average molecular weight is 353 g/mol. The second-order valence-corrected chi connectivity index (χ2v) is 6.69. The van der Waals surface area contributed by atoms with Crippen LogP contribution in [0.3, 0.4) is 0 Å². The van der Waals surface area contributed by atoms with Crippen LogP contribution in [0, 0.1) is 6.92 Å². The average Bonchev–Trinajstić information content (AvgIpc) is 2.63. The number of benzene rings is 2. The number of likely N-dealkylation sites (N-methyl/N-ethyl adjacent to an activating group) is 2. The fourth-order valence-electron chi connectivity index (χ4n) is 2.64. The Balaban J connectivity index is 1.86. The van der Waals surface area contributed by atoms with Gasteiger partial charge in [-0.3, -0.25) is 14.5 Å². The van der Waals surface area contributed by atoms with Crippen molar-refractivity contribution in [3.8, 4) is 0 Å². The smallest absolute Gasteiger partial charge is 0.239 e. The molecule has 0 fully saturated rings. The van der Waals surface area contributed by atoms with Crippen molar-refractivity contribution in [2.75, 3.05) is 26.0 Å². The number of amides is 2. The van der Waals surface area contributed by atoms with Gasteiger partial charge in [-0.25, -0.2) is 0 Å². The van der Waals surface area contributed by atoms with Gasteiger partial charge in [-0.15, -0.1) is 0 Å². The van der Waals surface area contributed by atoms with Crippen LogP contribution in [0.1, 0.15) is 18.1 Å². The molecule has 0 radical (unpaired) electrons. The molecule has 0 saturated heterocycles. The molecule has 0 unspecified atom stereocenters. The van der Waals surface area contributed by atoms with Gasteiger partial charge in [0, 0.05) is 19.3 Å². The quantitative estimate of drug-likeness (QED) is 0.833. The predicted octanol–water partition coefficient (Wildman–Crippen LogP) is 2.91. The van der Waals surface area contributed by atoms with Gasteiger partial charge in [0.2, 0.25) is 11.8 Å². The highest BCUT2D eigenvalue weighted by atomic mass is 16.2. The first-order valence-corrected chi connectivity index (χ1v) is 8.72. The van der Waals surface area contributed by atoms with Gasteiger partial charge in [-0.1, -0.05) is 48.0 Å². The van der Waals surface area contributed by atoms with E-state index in [1.54, 1.807) is 23.9 Å². The summed E-state index contributed by atoms with van der Waals surface area (Å²) in [5.74, 6) is -0.152. The standard InChI is InChI=1S/C21H27N3O2/c1-16-10-12-19(13-11-16)22-20(25)15-23(3)17(2)21(26)24(4)14-18-8-6-5-7-9-18/h5-13,17H,14-15H2,1-4H3,(H,22,25)/t17-/m0/s1. The van der Waals surface area contributed by atoms with Gasteiger partial charge < -0.3 is 10.2 Å². The van der Waals surface area contributed by atoms with Gasteiger partial charge >= 0.3 is 0 Å². The fourth-order valence-corrected chi connectivity index (χ4v) is 2.64. The zero-order valence-corrected chi connectivity index (χ0v) is 15.9. The van der Waals surface area contributed by atoms with Gasteiger partial charge in [0.05, 0.1) is 12.6 Å². The molecular formula is C21H27N3O2. The molecule has 0 bridgehead atoms. The number of nitrogens with one attached hydrogen (secondary N) is 1. The molecule has 0 spiro atoms. The van der Waals surface area contributed by atoms with E-state index >= 15 is 0 Å². The van der Waals surface area contributed by atoms with E-state index in [-0.39, 0.29) is 24.4 Å². The molecule has 5 heteroatoms. The number of anilines is 1. The van der Waals surface area contributed by atoms with Crippen molar-refractivity contribution >= 4 is 17.5 Å². The van der Waals surface area contributed by atoms with Crippen LogP contribution in [-0.2, 0) is 16.1 Å². The minimum absolute atomic E-state index is 0.0144. The van der Waals surface area contributed by atoms with Crippen molar-refractivity contribution in [3.05, 3.63) is 65.7 Å². The summed E-state index contributed by atoms with van der Waals surface area (Å²) in [5.41, 5.74) is 2.98. The van der Waals surface area contributed by atoms with Crippen molar-refractivity contribution in [1.82, 2.24) is 9.80 Å². The van der Waals surface area contributed by atoms with Crippen LogP contribution >= 0.6 is 0 Å². The predicted molar refractivity (Wildman–Crippen MR) is 105 cm³/mol. The lowest BCUT2D eigenvalue weighted by Gasteiger charge is -2.27. The molecule has 0 saturated carbocycles. The fraction of sp³-hybridized carbons (Fsp3) is 0.333. The Morgan fingerprint density at radius 2 is 1.62 bits per heavy atom. The Kier molecular flexibility index (Phi) is 6.92. The van der Waals surface area contributed by atoms with Crippen molar-refractivity contribution in [2.45, 2.75) is 26.4 Å². The Morgan fingerprint density at radius 1 is 1.00 bits per heavy atom. The van der Waals surface area contributed by atoms with E-state index in [1.165, 1.54) is 0 Å². The lowest BCUT2D eigenvalue weighted by Crippen LogP contribution is -2.46. The first kappa shape index (κ1) is 19.7. The van der Waals surface area contributed by atoms with Crippen molar-refractivity contribution in [3.63, 3.8) is 0 Å². The first-order chi connectivity index (χ1) is 12.4. The molecule has 1 atom stereocenters. The Hall–Kier alpha value is -2.66. The Bertz CT molecular complexity index is 729. The minimum Gasteiger partial charge on any atom is -0.340 e. The van der Waals surface area contributed by atoms with E-state index in [4.69, 9.17) is 0 Å². The van der Waals surface area contributed by atoms with E-state index in [2.05, 4.69) is 5.32 Å². The lowest BCUT2D eigenvalue weighted by molar-refractivity contribution is -0.135. The highest BCUT2D eigenvalue weighted by Crippen LogP contribution is 2.10. The third-order valence-corrected chi connectivity index (χ3v) is 4.39. The summed E-state index contributed by atoms with van der Waals surface area (Å²) in [6, 6.07) is 17.1. The monoisotopic (exact) mass is 353 g/mol. The second kappa shape index (κ2) is 9.15. The molecule has 2 rings (SSSR count). The second-order valence-electron chi connectivity index (χ2n) is 6.69. The van der Waals surface area contributed by atoms with Crippen molar-refractivity contribution in [2.24, 2.45) is 0 Å². The molecule has 0 aliphatic rings. The highest BCUT2D eigenvalue weighted by molar-refractivity contribution is 5.92. The van der Waals surface area contributed by atoms with Crippen LogP contribution in [0.25, 0.3) is 0 Å². The summed E-state index contributed by atoms with van der Waals surface area (Å²) in [4.78, 5) is 28.3. The van der Waals surface area contributed by atoms with Gasteiger partial charge in [0.1, 0.15) is 0 Å². The zero-order valence-electron chi connectivity index (χ0n) is 15.9. The van der Waals surface area contributed by atoms with Crippen molar-refractivity contribution < 1.29 is 9.59 Å². The molecule has 0 aromatic heterocycles. The summed E-state index contributed by atoms with van der Waals surface area (Å²) in [6.07, 6.45) is 0. The van der Waals surface area contributed by atoms with Crippen molar-refractivity contribution in [1.29, 1.82) is 0 Å². The molecule has 0 heterocycles. The molecule has 2 aromatic rings. The number of hydrogen-bond acceptors (Lipinski definition) is 3. The van der Waals surface area contributed by atoms with E-state index < -0.39 is 0 Å². The largest absolute Gasteiger partial charge is 0.340 e. The summed E-state index contributed by atoms with van der Waals surface area (Å²) < 4.78 is 0. The molecule has 5 nitrogen and oxygen atoms in total. The number of carbonyl (C=O) groups is 2. The normalized spacial score (nSPS) is 11.9. The third-order valence-electron chi connectivity index (χ3n) is 4.39. The van der Waals surface area contributed by atoms with Gasteiger partial charge in [0.15, 0.2) is 0 Å². The number of carbonyl (C=O) groups excluding carboxylic acids is 2. The molecular weight excluding hydrogens is 326 g/mol. The number of rotatable bonds is 7. The van der Waals surface area contributed by atoms with Crippen LogP contribution < -0.4 is 5.32 Å². The summed E-state index contributed by atoms with van der Waals surface area (Å²) in [5, 5.41) is 2.86. The number of nitrogens with zero attached hydrogens (tertiary/aromatic N) is 2. The Labute approximate surface area is 155 Å². The first-order valence-electron chi connectivity index (χ1n) is 8.72. The van der Waals surface area contributed by atoms with Crippen LogP contribution in [0.15, 0.2) is 54.6 Å². The lowest BCUT2D eigenvalue weighted by atomic mass is 10.2. The maximum atomic E-state index is 12.6. The minimum atomic E-state index is -0.382. The van der Waals surface area contributed by atoms with Crippen LogP contribution in [0.4, 0.5) is 5.69 Å². The molecule has 138 valence electrons. The molecule has 0 aliphatic heterocycles. The zero-order chi connectivity index (χ0) is 19.1. The molecule has 1 N–H and O–H groups in total. The third kappa shape index (κ3) is 5.70. The molecule has 26 heavy (non-hydrogen) atoms. The SMILES string of the molecule is Cc1ccc(NC(=O)CN(C)[C@@H](C)C(=O)N(C)Cc2ccccc2)cc1. The molecule has 2 aromatic carbocycles. The highest BCUT2D eigenvalue weighted by Gasteiger charge is 2.23. The van der Waals surface area contributed by atoms with Crippen LogP contribution in [0.5, 0.6) is 0 Å². The number of aryl methyl sites for hydroxylation is 1. The topological polar surface area (TPSA) is 52.7 Å². The van der Waals surface area contributed by atoms with E-state index in [9.17, 15) is 9.59 Å². The van der Waals surface area contributed by atoms with Crippen LogP contribution in [-0.4, -0.2) is 48.3 Å². The number of hydrogen-bond donors (Lipinski definition) is 1. The maximum absolute atomic E-state index is 12.6. The van der Waals surface area contributed by atoms with Gasteiger partial charge in [0.25, 0.3) is 0 Å². The van der Waals surface area contributed by atoms with Gasteiger partial charge in [-0.2, -0.15) is 0 Å². The maximum Gasteiger partial charge on any atom is 0.239 e. The summed E-state index contributed by atoms with van der Waals surface area (Å²) >= 11 is 0. The van der Waals surface area contributed by atoms with Gasteiger partial charge in [-0.05, 0) is 38.6 Å².